The van der Waals surface area contributed by atoms with Gasteiger partial charge in [-0.05, 0) is 28.3 Å². The number of halogens is 1. The Balaban J connectivity index is 2.23. The molecule has 2 nitrogen and oxygen atoms in total. The first kappa shape index (κ1) is 8.05. The van der Waals surface area contributed by atoms with E-state index in [4.69, 9.17) is 4.84 Å². The van der Waals surface area contributed by atoms with Crippen molar-refractivity contribution in [3.8, 4) is 0 Å². The maximum absolute atomic E-state index is 5.12. The monoisotopic (exact) mass is 205 g/mol. The molecule has 0 saturated carbocycles. The first-order valence-corrected chi connectivity index (χ1v) is 4.36. The molecule has 1 aliphatic rings. The fraction of sp³-hybridized carbons (Fsp3) is 0.857. The van der Waals surface area contributed by atoms with Crippen LogP contribution in [0, 0.1) is 5.92 Å². The Morgan fingerprint density at radius 2 is 2.50 bits per heavy atom. The zero-order valence-electron chi connectivity index (χ0n) is 6.30. The van der Waals surface area contributed by atoms with E-state index in [9.17, 15) is 0 Å². The summed E-state index contributed by atoms with van der Waals surface area (Å²) in [6, 6.07) is 0. The molecule has 3 heteroatoms. The molecule has 1 rings (SSSR count). The molecular formula is C7H12BrNO. The van der Waals surface area contributed by atoms with Gasteiger partial charge in [0.05, 0.1) is 0 Å². The largest absolute Gasteiger partial charge is 0.391 e. The van der Waals surface area contributed by atoms with Crippen LogP contribution in [0.2, 0.25) is 0 Å². The molecule has 0 N–H and O–H groups in total. The normalized spacial score (nSPS) is 24.8. The van der Waals surface area contributed by atoms with Gasteiger partial charge in [0.15, 0.2) is 0 Å². The zero-order chi connectivity index (χ0) is 7.56. The molecule has 0 fully saturated rings. The minimum atomic E-state index is 0.314. The van der Waals surface area contributed by atoms with E-state index in [2.05, 4.69) is 34.9 Å². The second-order valence-electron chi connectivity index (χ2n) is 3.03. The molecule has 1 atom stereocenters. The molecule has 10 heavy (non-hydrogen) atoms. The van der Waals surface area contributed by atoms with Gasteiger partial charge < -0.3 is 4.84 Å². The summed E-state index contributed by atoms with van der Waals surface area (Å²) >= 11 is 3.29. The van der Waals surface area contributed by atoms with Crippen LogP contribution < -0.4 is 0 Å². The van der Waals surface area contributed by atoms with Gasteiger partial charge in [0.1, 0.15) is 10.7 Å². The summed E-state index contributed by atoms with van der Waals surface area (Å²) in [4.78, 5) is 5.12. The Hall–Kier alpha value is -0.0500. The van der Waals surface area contributed by atoms with Crippen LogP contribution in [-0.2, 0) is 4.84 Å². The Morgan fingerprint density at radius 1 is 1.80 bits per heavy atom. The minimum Gasteiger partial charge on any atom is -0.391 e. The van der Waals surface area contributed by atoms with Crippen LogP contribution in [0.1, 0.15) is 26.7 Å². The molecule has 0 radical (unpaired) electrons. The second kappa shape index (κ2) is 3.37. The molecule has 1 heterocycles. The fourth-order valence-electron chi connectivity index (χ4n) is 1.05. The van der Waals surface area contributed by atoms with Crippen LogP contribution >= 0.6 is 15.9 Å². The van der Waals surface area contributed by atoms with E-state index in [1.807, 2.05) is 0 Å². The highest BCUT2D eigenvalue weighted by Gasteiger charge is 2.19. The Bertz CT molecular complexity index is 145. The van der Waals surface area contributed by atoms with Crippen molar-refractivity contribution in [1.82, 2.24) is 0 Å². The Kier molecular flexibility index (Phi) is 2.72. The maximum Gasteiger partial charge on any atom is 0.134 e. The van der Waals surface area contributed by atoms with Crippen LogP contribution in [-0.4, -0.2) is 10.7 Å². The van der Waals surface area contributed by atoms with E-state index in [-0.39, 0.29) is 0 Å². The van der Waals surface area contributed by atoms with Crippen molar-refractivity contribution >= 4 is 20.6 Å². The second-order valence-corrected chi connectivity index (χ2v) is 3.94. The summed E-state index contributed by atoms with van der Waals surface area (Å²) < 4.78 is 0.943. The first-order chi connectivity index (χ1) is 4.68. The van der Waals surface area contributed by atoms with Crippen molar-refractivity contribution < 1.29 is 4.84 Å². The molecule has 0 aromatic rings. The lowest BCUT2D eigenvalue weighted by Crippen LogP contribution is -2.09. The molecule has 0 spiro atoms. The number of rotatable bonds is 2. The summed E-state index contributed by atoms with van der Waals surface area (Å²) in [7, 11) is 0. The van der Waals surface area contributed by atoms with Crippen LogP contribution in [0.25, 0.3) is 0 Å². The van der Waals surface area contributed by atoms with Crippen molar-refractivity contribution in [3.05, 3.63) is 0 Å². The van der Waals surface area contributed by atoms with Gasteiger partial charge in [-0.15, -0.1) is 0 Å². The van der Waals surface area contributed by atoms with Crippen LogP contribution in [0.4, 0.5) is 0 Å². The number of hydrogen-bond donors (Lipinski definition) is 0. The highest BCUT2D eigenvalue weighted by atomic mass is 79.9. The van der Waals surface area contributed by atoms with Gasteiger partial charge in [0, 0.05) is 6.42 Å². The molecular weight excluding hydrogens is 194 g/mol. The van der Waals surface area contributed by atoms with Gasteiger partial charge in [0.2, 0.25) is 0 Å². The van der Waals surface area contributed by atoms with Crippen LogP contribution in [0.3, 0.4) is 0 Å². The minimum absolute atomic E-state index is 0.314. The van der Waals surface area contributed by atoms with Gasteiger partial charge in [-0.2, -0.15) is 0 Å². The number of oxime groups is 1. The SMILES string of the molecule is CC(C)CC1CC(Br)=NO1. The van der Waals surface area contributed by atoms with E-state index in [0.29, 0.717) is 12.0 Å². The van der Waals surface area contributed by atoms with Gasteiger partial charge in [-0.25, -0.2) is 0 Å². The van der Waals surface area contributed by atoms with Crippen LogP contribution in [0.5, 0.6) is 0 Å². The highest BCUT2D eigenvalue weighted by molar-refractivity contribution is 9.18. The molecule has 1 unspecified atom stereocenters. The lowest BCUT2D eigenvalue weighted by atomic mass is 10.0. The van der Waals surface area contributed by atoms with Crippen molar-refractivity contribution in [1.29, 1.82) is 0 Å². The highest BCUT2D eigenvalue weighted by Crippen LogP contribution is 2.20. The van der Waals surface area contributed by atoms with Gasteiger partial charge in [0.25, 0.3) is 0 Å². The van der Waals surface area contributed by atoms with Crippen LogP contribution in [0.15, 0.2) is 5.16 Å². The van der Waals surface area contributed by atoms with E-state index in [0.717, 1.165) is 17.5 Å². The zero-order valence-corrected chi connectivity index (χ0v) is 7.89. The van der Waals surface area contributed by atoms with E-state index < -0.39 is 0 Å². The van der Waals surface area contributed by atoms with Gasteiger partial charge in [-0.1, -0.05) is 19.0 Å². The molecule has 0 aliphatic carbocycles. The molecule has 0 bridgehead atoms. The first-order valence-electron chi connectivity index (χ1n) is 3.56. The summed E-state index contributed by atoms with van der Waals surface area (Å²) in [5.41, 5.74) is 0. The van der Waals surface area contributed by atoms with Crippen molar-refractivity contribution in [2.75, 3.05) is 0 Å². The topological polar surface area (TPSA) is 21.6 Å². The molecule has 0 amide bonds. The molecule has 0 aromatic heterocycles. The van der Waals surface area contributed by atoms with Gasteiger partial charge in [-0.3, -0.25) is 0 Å². The van der Waals surface area contributed by atoms with E-state index >= 15 is 0 Å². The average molecular weight is 206 g/mol. The molecule has 1 aliphatic heterocycles. The third-order valence-electron chi connectivity index (χ3n) is 1.43. The molecule has 0 aromatic carbocycles. The summed E-state index contributed by atoms with van der Waals surface area (Å²) in [6.45, 7) is 4.38. The predicted molar refractivity (Wildman–Crippen MR) is 45.3 cm³/mol. The smallest absolute Gasteiger partial charge is 0.134 e. The maximum atomic E-state index is 5.12. The number of nitrogens with zero attached hydrogens (tertiary/aromatic N) is 1. The van der Waals surface area contributed by atoms with E-state index in [1.165, 1.54) is 0 Å². The fourth-order valence-corrected chi connectivity index (χ4v) is 1.49. The summed E-state index contributed by atoms with van der Waals surface area (Å²) in [5.74, 6) is 0.693. The van der Waals surface area contributed by atoms with Crippen molar-refractivity contribution in [3.63, 3.8) is 0 Å². The van der Waals surface area contributed by atoms with Crippen molar-refractivity contribution in [2.24, 2.45) is 11.1 Å². The molecule has 0 saturated heterocycles. The number of hydrogen-bond acceptors (Lipinski definition) is 2. The third-order valence-corrected chi connectivity index (χ3v) is 1.90. The summed E-state index contributed by atoms with van der Waals surface area (Å²) in [5, 5.41) is 3.80. The average Bonchev–Trinajstić information content (AvgIpc) is 2.13. The Morgan fingerprint density at radius 3 is 2.90 bits per heavy atom. The quantitative estimate of drug-likeness (QED) is 0.680. The lowest BCUT2D eigenvalue weighted by Gasteiger charge is -2.09. The Labute approximate surface area is 69.8 Å². The standard InChI is InChI=1S/C7H12BrNO/c1-5(2)3-6-4-7(8)9-10-6/h5-6H,3-4H2,1-2H3. The predicted octanol–water partition coefficient (Wildman–Crippen LogP) is 2.53. The lowest BCUT2D eigenvalue weighted by molar-refractivity contribution is 0.0698. The van der Waals surface area contributed by atoms with Gasteiger partial charge >= 0.3 is 0 Å². The molecule has 58 valence electrons. The van der Waals surface area contributed by atoms with E-state index in [1.54, 1.807) is 0 Å². The van der Waals surface area contributed by atoms with Crippen molar-refractivity contribution in [2.45, 2.75) is 32.8 Å². The summed E-state index contributed by atoms with van der Waals surface area (Å²) in [6.07, 6.45) is 2.35. The third kappa shape index (κ3) is 2.29.